The number of anilines is 1. The topological polar surface area (TPSA) is 63.2 Å². The van der Waals surface area contributed by atoms with Gasteiger partial charge in [-0.25, -0.2) is 4.98 Å². The first-order valence-electron chi connectivity index (χ1n) is 6.88. The number of pyridine rings is 1. The molecule has 2 rings (SSSR count). The van der Waals surface area contributed by atoms with Crippen LogP contribution < -0.4 is 15.4 Å². The number of methoxy groups -OCH3 is 1. The highest BCUT2D eigenvalue weighted by molar-refractivity contribution is 6.31. The average molecular weight is 320 g/mol. The van der Waals surface area contributed by atoms with Crippen molar-refractivity contribution in [3.8, 4) is 5.88 Å². The molecule has 0 unspecified atom stereocenters. The molecule has 0 saturated carbocycles. The number of carbonyl (C=O) groups is 1. The standard InChI is InChI=1S/C16H18ClN3O2/c1-11(20-13-7-8-15(22-2)18-10-13)16(21)19-9-12-5-3-4-6-14(12)17/h3-8,10-11,20H,9H2,1-2H3,(H,19,21)/t11-/m0/s1. The highest BCUT2D eigenvalue weighted by Crippen LogP contribution is 2.15. The molecule has 0 aliphatic heterocycles. The minimum Gasteiger partial charge on any atom is -0.481 e. The van der Waals surface area contributed by atoms with Crippen molar-refractivity contribution in [2.75, 3.05) is 12.4 Å². The van der Waals surface area contributed by atoms with Gasteiger partial charge in [0.25, 0.3) is 0 Å². The lowest BCUT2D eigenvalue weighted by Gasteiger charge is -2.15. The summed E-state index contributed by atoms with van der Waals surface area (Å²) in [6.07, 6.45) is 1.62. The average Bonchev–Trinajstić information content (AvgIpc) is 2.54. The summed E-state index contributed by atoms with van der Waals surface area (Å²) in [6.45, 7) is 2.18. The first-order valence-corrected chi connectivity index (χ1v) is 7.25. The number of benzene rings is 1. The van der Waals surface area contributed by atoms with Gasteiger partial charge in [0, 0.05) is 17.6 Å². The summed E-state index contributed by atoms with van der Waals surface area (Å²) >= 11 is 6.06. The molecule has 0 spiro atoms. The van der Waals surface area contributed by atoms with Gasteiger partial charge in [-0.3, -0.25) is 4.79 Å². The van der Waals surface area contributed by atoms with Crippen molar-refractivity contribution in [1.29, 1.82) is 0 Å². The largest absolute Gasteiger partial charge is 0.481 e. The summed E-state index contributed by atoms with van der Waals surface area (Å²) in [5.74, 6) is 0.414. The Kier molecular flexibility index (Phi) is 5.61. The van der Waals surface area contributed by atoms with Gasteiger partial charge in [0.05, 0.1) is 19.0 Å². The molecule has 1 amide bonds. The number of ether oxygens (including phenoxy) is 1. The van der Waals surface area contributed by atoms with Gasteiger partial charge in [0.15, 0.2) is 0 Å². The quantitative estimate of drug-likeness (QED) is 0.859. The van der Waals surface area contributed by atoms with Crippen molar-refractivity contribution < 1.29 is 9.53 Å². The maximum absolute atomic E-state index is 12.1. The van der Waals surface area contributed by atoms with E-state index in [9.17, 15) is 4.79 Å². The molecule has 0 radical (unpaired) electrons. The van der Waals surface area contributed by atoms with Crippen molar-refractivity contribution in [3.63, 3.8) is 0 Å². The Morgan fingerprint density at radius 1 is 1.32 bits per heavy atom. The van der Waals surface area contributed by atoms with Crippen LogP contribution in [-0.4, -0.2) is 24.0 Å². The molecule has 1 aromatic heterocycles. The summed E-state index contributed by atoms with van der Waals surface area (Å²) in [4.78, 5) is 16.2. The van der Waals surface area contributed by atoms with E-state index in [0.29, 0.717) is 17.4 Å². The molecule has 6 heteroatoms. The third-order valence-electron chi connectivity index (χ3n) is 3.13. The van der Waals surface area contributed by atoms with Crippen molar-refractivity contribution in [2.45, 2.75) is 19.5 Å². The van der Waals surface area contributed by atoms with E-state index < -0.39 is 6.04 Å². The zero-order valence-electron chi connectivity index (χ0n) is 12.5. The van der Waals surface area contributed by atoms with Gasteiger partial charge < -0.3 is 15.4 Å². The first-order chi connectivity index (χ1) is 10.6. The van der Waals surface area contributed by atoms with E-state index in [-0.39, 0.29) is 5.91 Å². The smallest absolute Gasteiger partial charge is 0.242 e. The van der Waals surface area contributed by atoms with E-state index >= 15 is 0 Å². The molecule has 2 aromatic rings. The van der Waals surface area contributed by atoms with E-state index in [1.807, 2.05) is 24.3 Å². The fraction of sp³-hybridized carbons (Fsp3) is 0.250. The minimum absolute atomic E-state index is 0.115. The number of carbonyl (C=O) groups excluding carboxylic acids is 1. The van der Waals surface area contributed by atoms with Gasteiger partial charge in [-0.1, -0.05) is 29.8 Å². The predicted molar refractivity (Wildman–Crippen MR) is 87.2 cm³/mol. The molecule has 1 aromatic carbocycles. The Balaban J connectivity index is 1.87. The van der Waals surface area contributed by atoms with Gasteiger partial charge in [-0.05, 0) is 24.6 Å². The summed E-state index contributed by atoms with van der Waals surface area (Å²) in [6, 6.07) is 10.6. The van der Waals surface area contributed by atoms with Gasteiger partial charge in [-0.15, -0.1) is 0 Å². The molecule has 116 valence electrons. The second-order valence-corrected chi connectivity index (χ2v) is 5.17. The van der Waals surface area contributed by atoms with Crippen LogP contribution in [0.15, 0.2) is 42.6 Å². The van der Waals surface area contributed by atoms with E-state index in [2.05, 4.69) is 15.6 Å². The van der Waals surface area contributed by atoms with Gasteiger partial charge >= 0.3 is 0 Å². The summed E-state index contributed by atoms with van der Waals surface area (Å²) in [5.41, 5.74) is 1.64. The van der Waals surface area contributed by atoms with Crippen LogP contribution in [0.1, 0.15) is 12.5 Å². The van der Waals surface area contributed by atoms with E-state index in [4.69, 9.17) is 16.3 Å². The molecule has 2 N–H and O–H groups in total. The molecule has 22 heavy (non-hydrogen) atoms. The van der Waals surface area contributed by atoms with Crippen molar-refractivity contribution >= 4 is 23.2 Å². The summed E-state index contributed by atoms with van der Waals surface area (Å²) in [7, 11) is 1.56. The SMILES string of the molecule is COc1ccc(N[C@@H](C)C(=O)NCc2ccccc2Cl)cn1. The van der Waals surface area contributed by atoms with Crippen LogP contribution in [0.5, 0.6) is 5.88 Å². The molecule has 0 bridgehead atoms. The Hall–Kier alpha value is -2.27. The Morgan fingerprint density at radius 3 is 2.73 bits per heavy atom. The third kappa shape index (κ3) is 4.36. The maximum atomic E-state index is 12.1. The Morgan fingerprint density at radius 2 is 2.09 bits per heavy atom. The van der Waals surface area contributed by atoms with Crippen LogP contribution in [0.3, 0.4) is 0 Å². The van der Waals surface area contributed by atoms with Crippen LogP contribution in [0.25, 0.3) is 0 Å². The molecular formula is C16H18ClN3O2. The van der Waals surface area contributed by atoms with Gasteiger partial charge in [0.1, 0.15) is 6.04 Å². The van der Waals surface area contributed by atoms with Crippen LogP contribution in [0.4, 0.5) is 5.69 Å². The van der Waals surface area contributed by atoms with Gasteiger partial charge in [-0.2, -0.15) is 0 Å². The lowest BCUT2D eigenvalue weighted by atomic mass is 10.2. The molecule has 0 aliphatic rings. The number of amides is 1. The third-order valence-corrected chi connectivity index (χ3v) is 3.50. The molecule has 0 aliphatic carbocycles. The van der Waals surface area contributed by atoms with Crippen LogP contribution in [-0.2, 0) is 11.3 Å². The lowest BCUT2D eigenvalue weighted by Crippen LogP contribution is -2.37. The second kappa shape index (κ2) is 7.66. The zero-order chi connectivity index (χ0) is 15.9. The Bertz CT molecular complexity index is 632. The first kappa shape index (κ1) is 16.1. The van der Waals surface area contributed by atoms with Crippen LogP contribution in [0, 0.1) is 0 Å². The summed E-state index contributed by atoms with van der Waals surface area (Å²) in [5, 5.41) is 6.57. The zero-order valence-corrected chi connectivity index (χ0v) is 13.2. The number of halogens is 1. The normalized spacial score (nSPS) is 11.6. The highest BCUT2D eigenvalue weighted by Gasteiger charge is 2.13. The number of hydrogen-bond acceptors (Lipinski definition) is 4. The second-order valence-electron chi connectivity index (χ2n) is 4.76. The van der Waals surface area contributed by atoms with Crippen molar-refractivity contribution in [2.24, 2.45) is 0 Å². The predicted octanol–water partition coefficient (Wildman–Crippen LogP) is 2.86. The molecule has 5 nitrogen and oxygen atoms in total. The number of nitrogens with one attached hydrogen (secondary N) is 2. The minimum atomic E-state index is -0.391. The van der Waals surface area contributed by atoms with Crippen LogP contribution in [0.2, 0.25) is 5.02 Å². The fourth-order valence-electron chi connectivity index (χ4n) is 1.88. The number of hydrogen-bond donors (Lipinski definition) is 2. The van der Waals surface area contributed by atoms with Crippen molar-refractivity contribution in [3.05, 3.63) is 53.2 Å². The maximum Gasteiger partial charge on any atom is 0.242 e. The lowest BCUT2D eigenvalue weighted by molar-refractivity contribution is -0.121. The van der Waals surface area contributed by atoms with E-state index in [0.717, 1.165) is 11.3 Å². The number of nitrogens with zero attached hydrogens (tertiary/aromatic N) is 1. The monoisotopic (exact) mass is 319 g/mol. The van der Waals surface area contributed by atoms with Crippen molar-refractivity contribution in [1.82, 2.24) is 10.3 Å². The van der Waals surface area contributed by atoms with Gasteiger partial charge in [0.2, 0.25) is 11.8 Å². The highest BCUT2D eigenvalue weighted by atomic mass is 35.5. The molecule has 0 saturated heterocycles. The number of rotatable bonds is 6. The van der Waals surface area contributed by atoms with E-state index in [1.165, 1.54) is 0 Å². The molecular weight excluding hydrogens is 302 g/mol. The fourth-order valence-corrected chi connectivity index (χ4v) is 2.08. The molecule has 0 fully saturated rings. The molecule has 1 heterocycles. The summed E-state index contributed by atoms with van der Waals surface area (Å²) < 4.78 is 4.99. The number of aromatic nitrogens is 1. The Labute approximate surface area is 134 Å². The van der Waals surface area contributed by atoms with Crippen LogP contribution >= 0.6 is 11.6 Å². The van der Waals surface area contributed by atoms with E-state index in [1.54, 1.807) is 32.4 Å². The molecule has 1 atom stereocenters.